The number of guanidine groups is 1. The molecule has 2 N–H and O–H groups in total. The highest BCUT2D eigenvalue weighted by molar-refractivity contribution is 7.99. The minimum absolute atomic E-state index is 0.159. The van der Waals surface area contributed by atoms with Crippen molar-refractivity contribution in [2.45, 2.75) is 6.42 Å². The minimum atomic E-state index is 0.159. The summed E-state index contributed by atoms with van der Waals surface area (Å²) in [6, 6.07) is 5.91. The molecule has 136 valence electrons. The van der Waals surface area contributed by atoms with Crippen LogP contribution in [0, 0.1) is 0 Å². The lowest BCUT2D eigenvalue weighted by molar-refractivity contribution is -0.131. The highest BCUT2D eigenvalue weighted by atomic mass is 32.2. The maximum absolute atomic E-state index is 12.4. The molecule has 25 heavy (non-hydrogen) atoms. The van der Waals surface area contributed by atoms with Crippen LogP contribution in [-0.2, 0) is 4.79 Å². The van der Waals surface area contributed by atoms with Crippen molar-refractivity contribution in [1.82, 2.24) is 14.8 Å². The first-order valence-electron chi connectivity index (χ1n) is 8.80. The van der Waals surface area contributed by atoms with Crippen molar-refractivity contribution in [2.75, 3.05) is 62.2 Å². The van der Waals surface area contributed by atoms with Gasteiger partial charge in [-0.15, -0.1) is 0 Å². The van der Waals surface area contributed by atoms with Crippen molar-refractivity contribution in [3.63, 3.8) is 0 Å². The van der Waals surface area contributed by atoms with E-state index in [0.717, 1.165) is 56.6 Å². The number of carbonyl (C=O) groups excluding carboxylic acids is 1. The second kappa shape index (κ2) is 8.94. The molecule has 2 fully saturated rings. The van der Waals surface area contributed by atoms with Gasteiger partial charge in [0.2, 0.25) is 5.91 Å². The molecule has 0 atom stereocenters. The Morgan fingerprint density at radius 2 is 1.88 bits per heavy atom. The van der Waals surface area contributed by atoms with Crippen LogP contribution < -0.4 is 10.6 Å². The van der Waals surface area contributed by atoms with Crippen molar-refractivity contribution in [1.29, 1.82) is 0 Å². The molecule has 1 amide bonds. The zero-order valence-electron chi connectivity index (χ0n) is 14.5. The first kappa shape index (κ1) is 17.8. The fraction of sp³-hybridized carbons (Fsp3) is 0.588. The van der Waals surface area contributed by atoms with Crippen molar-refractivity contribution in [3.8, 4) is 0 Å². The number of thioether (sulfide) groups is 1. The Morgan fingerprint density at radius 1 is 1.12 bits per heavy atom. The van der Waals surface area contributed by atoms with Crippen molar-refractivity contribution >= 4 is 29.4 Å². The number of nitrogens with two attached hydrogens (primary N) is 1. The lowest BCUT2D eigenvalue weighted by Crippen LogP contribution is -2.49. The van der Waals surface area contributed by atoms with E-state index in [0.29, 0.717) is 18.9 Å². The second-order valence-corrected chi connectivity index (χ2v) is 7.37. The molecule has 1 aromatic rings. The SMILES string of the molecule is NC(=NCCC(=O)N1CCN(c2ccccn2)CC1)N1CCSCC1. The third-order valence-electron chi connectivity index (χ3n) is 4.54. The Kier molecular flexibility index (Phi) is 6.38. The molecular weight excluding hydrogens is 336 g/mol. The van der Waals surface area contributed by atoms with Crippen molar-refractivity contribution < 1.29 is 4.79 Å². The number of nitrogens with zero attached hydrogens (tertiary/aromatic N) is 5. The number of aromatic nitrogens is 1. The topological polar surface area (TPSA) is 78.1 Å². The standard InChI is InChI=1S/C17H26N6OS/c18-17(23-11-13-25-14-12-23)20-6-4-16(24)22-9-7-21(8-10-22)15-3-1-2-5-19-15/h1-3,5H,4,6-14H2,(H2,18,20). The van der Waals surface area contributed by atoms with Gasteiger partial charge >= 0.3 is 0 Å². The van der Waals surface area contributed by atoms with E-state index in [1.807, 2.05) is 34.9 Å². The van der Waals surface area contributed by atoms with Crippen molar-refractivity contribution in [2.24, 2.45) is 10.7 Å². The first-order valence-corrected chi connectivity index (χ1v) is 9.96. The largest absolute Gasteiger partial charge is 0.370 e. The number of piperazine rings is 1. The van der Waals surface area contributed by atoms with E-state index in [1.165, 1.54) is 0 Å². The van der Waals surface area contributed by atoms with E-state index in [4.69, 9.17) is 5.73 Å². The number of rotatable bonds is 4. The summed E-state index contributed by atoms with van der Waals surface area (Å²) in [7, 11) is 0. The second-order valence-electron chi connectivity index (χ2n) is 6.15. The monoisotopic (exact) mass is 362 g/mol. The van der Waals surface area contributed by atoms with Crippen molar-refractivity contribution in [3.05, 3.63) is 24.4 Å². The lowest BCUT2D eigenvalue weighted by atomic mass is 10.2. The third kappa shape index (κ3) is 5.01. The normalized spacial score (nSPS) is 19.2. The van der Waals surface area contributed by atoms with Gasteiger partial charge in [0.15, 0.2) is 5.96 Å². The van der Waals surface area contributed by atoms with Gasteiger partial charge in [0.25, 0.3) is 0 Å². The van der Waals surface area contributed by atoms with Gasteiger partial charge in [0, 0.05) is 63.4 Å². The Balaban J connectivity index is 1.40. The van der Waals surface area contributed by atoms with E-state index >= 15 is 0 Å². The van der Waals surface area contributed by atoms with Crippen LogP contribution in [0.5, 0.6) is 0 Å². The molecule has 3 rings (SSSR count). The van der Waals surface area contributed by atoms with Gasteiger partial charge in [-0.3, -0.25) is 9.79 Å². The Labute approximate surface area is 153 Å². The molecule has 0 radical (unpaired) electrons. The molecule has 2 aliphatic heterocycles. The van der Waals surface area contributed by atoms with E-state index in [-0.39, 0.29) is 5.91 Å². The molecule has 0 unspecified atom stereocenters. The van der Waals surface area contributed by atoms with E-state index < -0.39 is 0 Å². The zero-order chi connectivity index (χ0) is 17.5. The van der Waals surface area contributed by atoms with Crippen LogP contribution in [0.4, 0.5) is 5.82 Å². The van der Waals surface area contributed by atoms with Gasteiger partial charge in [-0.2, -0.15) is 11.8 Å². The molecule has 0 bridgehead atoms. The predicted octanol–water partition coefficient (Wildman–Crippen LogP) is 0.484. The number of aliphatic imine (C=N–C) groups is 1. The summed E-state index contributed by atoms with van der Waals surface area (Å²) in [5.74, 6) is 3.90. The summed E-state index contributed by atoms with van der Waals surface area (Å²) < 4.78 is 0. The van der Waals surface area contributed by atoms with Crippen LogP contribution in [0.1, 0.15) is 6.42 Å². The number of hydrogen-bond donors (Lipinski definition) is 1. The number of hydrogen-bond acceptors (Lipinski definition) is 5. The van der Waals surface area contributed by atoms with Gasteiger partial charge in [-0.25, -0.2) is 4.98 Å². The summed E-state index contributed by atoms with van der Waals surface area (Å²) in [4.78, 5) is 27.4. The van der Waals surface area contributed by atoms with Gasteiger partial charge in [-0.05, 0) is 12.1 Å². The quantitative estimate of drug-likeness (QED) is 0.620. The summed E-state index contributed by atoms with van der Waals surface area (Å²) in [5, 5.41) is 0. The average Bonchev–Trinajstić information content (AvgIpc) is 2.69. The van der Waals surface area contributed by atoms with E-state index in [9.17, 15) is 4.79 Å². The molecule has 2 saturated heterocycles. The molecule has 0 aromatic carbocycles. The van der Waals surface area contributed by atoms with Crippen LogP contribution in [-0.4, -0.2) is 84.0 Å². The smallest absolute Gasteiger partial charge is 0.224 e. The predicted molar refractivity (Wildman–Crippen MR) is 103 cm³/mol. The minimum Gasteiger partial charge on any atom is -0.370 e. The summed E-state index contributed by atoms with van der Waals surface area (Å²) in [6.07, 6.45) is 2.23. The highest BCUT2D eigenvalue weighted by Gasteiger charge is 2.21. The van der Waals surface area contributed by atoms with Gasteiger partial charge < -0.3 is 20.4 Å². The van der Waals surface area contributed by atoms with E-state index in [1.54, 1.807) is 6.20 Å². The molecule has 8 heteroatoms. The number of anilines is 1. The Bertz CT molecular complexity index is 582. The molecular formula is C17H26N6OS. The van der Waals surface area contributed by atoms with Gasteiger partial charge in [0.1, 0.15) is 5.82 Å². The van der Waals surface area contributed by atoms with E-state index in [2.05, 4.69) is 19.8 Å². The molecule has 1 aromatic heterocycles. The fourth-order valence-electron chi connectivity index (χ4n) is 3.04. The molecule has 7 nitrogen and oxygen atoms in total. The van der Waals surface area contributed by atoms with Gasteiger partial charge in [0.05, 0.1) is 6.54 Å². The fourth-order valence-corrected chi connectivity index (χ4v) is 3.95. The molecule has 0 aliphatic carbocycles. The number of amides is 1. The first-order chi connectivity index (χ1) is 12.2. The molecule has 0 saturated carbocycles. The summed E-state index contributed by atoms with van der Waals surface area (Å²) >= 11 is 1.94. The van der Waals surface area contributed by atoms with Crippen LogP contribution in [0.15, 0.2) is 29.4 Å². The zero-order valence-corrected chi connectivity index (χ0v) is 15.3. The number of pyridine rings is 1. The number of carbonyl (C=O) groups is 1. The van der Waals surface area contributed by atoms with Crippen LogP contribution >= 0.6 is 11.8 Å². The average molecular weight is 363 g/mol. The molecule has 0 spiro atoms. The Hall–Kier alpha value is -1.96. The van der Waals surface area contributed by atoms with Gasteiger partial charge in [-0.1, -0.05) is 6.07 Å². The van der Waals surface area contributed by atoms with Crippen LogP contribution in [0.3, 0.4) is 0 Å². The molecule has 2 aliphatic rings. The summed E-state index contributed by atoms with van der Waals surface area (Å²) in [5.41, 5.74) is 6.02. The van der Waals surface area contributed by atoms with Crippen LogP contribution in [0.25, 0.3) is 0 Å². The third-order valence-corrected chi connectivity index (χ3v) is 5.48. The maximum Gasteiger partial charge on any atom is 0.224 e. The highest BCUT2D eigenvalue weighted by Crippen LogP contribution is 2.13. The lowest BCUT2D eigenvalue weighted by Gasteiger charge is -2.35. The Morgan fingerprint density at radius 3 is 2.56 bits per heavy atom. The maximum atomic E-state index is 12.4. The van der Waals surface area contributed by atoms with Crippen LogP contribution in [0.2, 0.25) is 0 Å². The summed E-state index contributed by atoms with van der Waals surface area (Å²) in [6.45, 7) is 5.47. The molecule has 3 heterocycles.